The largest absolute Gasteiger partial charge is 0.452 e. The van der Waals surface area contributed by atoms with Crippen molar-refractivity contribution in [2.75, 3.05) is 17.5 Å². The number of nitrogens with one attached hydrogen (secondary N) is 2. The molecule has 0 bridgehead atoms. The van der Waals surface area contributed by atoms with Gasteiger partial charge in [0.2, 0.25) is 0 Å². The first-order chi connectivity index (χ1) is 16.4. The molecule has 9 nitrogen and oxygen atoms in total. The summed E-state index contributed by atoms with van der Waals surface area (Å²) in [4.78, 5) is 36.3. The highest BCUT2D eigenvalue weighted by Crippen LogP contribution is 2.31. The minimum atomic E-state index is -3.80. The zero-order valence-corrected chi connectivity index (χ0v) is 19.5. The summed E-state index contributed by atoms with van der Waals surface area (Å²) in [6.07, 6.45) is 1.54. The molecule has 1 aromatic heterocycles. The molecule has 2 aromatic carbocycles. The minimum Gasteiger partial charge on any atom is -0.452 e. The van der Waals surface area contributed by atoms with Crippen LogP contribution in [-0.4, -0.2) is 39.4 Å². The molecule has 0 unspecified atom stereocenters. The fraction of sp³-hybridized carbons (Fsp3) is 0.174. The Morgan fingerprint density at radius 1 is 0.971 bits per heavy atom. The van der Waals surface area contributed by atoms with E-state index in [4.69, 9.17) is 4.74 Å². The van der Waals surface area contributed by atoms with E-state index in [1.807, 2.05) is 12.1 Å². The Morgan fingerprint density at radius 3 is 2.47 bits per heavy atom. The fourth-order valence-electron chi connectivity index (χ4n) is 3.49. The average molecular weight is 500 g/mol. The molecular weight excluding hydrogens is 478 g/mol. The average Bonchev–Trinajstić information content (AvgIpc) is 3.41. The van der Waals surface area contributed by atoms with E-state index in [9.17, 15) is 22.8 Å². The highest BCUT2D eigenvalue weighted by molar-refractivity contribution is 7.92. The van der Waals surface area contributed by atoms with Gasteiger partial charge in [0.15, 0.2) is 6.61 Å². The lowest BCUT2D eigenvalue weighted by Crippen LogP contribution is -2.43. The number of carbonyl (C=O) groups is 3. The van der Waals surface area contributed by atoms with Gasteiger partial charge in [-0.3, -0.25) is 24.7 Å². The van der Waals surface area contributed by atoms with Crippen LogP contribution in [0.5, 0.6) is 0 Å². The number of hydrazine groups is 1. The first-order valence-corrected chi connectivity index (χ1v) is 12.7. The molecule has 0 spiro atoms. The van der Waals surface area contributed by atoms with Crippen LogP contribution in [0.25, 0.3) is 0 Å². The summed E-state index contributed by atoms with van der Waals surface area (Å²) in [6, 6.07) is 16.0. The first kappa shape index (κ1) is 23.5. The van der Waals surface area contributed by atoms with Gasteiger partial charge in [0.25, 0.3) is 21.8 Å². The number of aryl methyl sites for hydroxylation is 1. The number of nitrogens with zero attached hydrogens (tertiary/aromatic N) is 1. The SMILES string of the molecule is O=C(COC(=O)c1ccc(S(=O)(=O)N2CCCc3ccccc32)cc1)NNC(=O)c1cccs1. The van der Waals surface area contributed by atoms with Gasteiger partial charge in [-0.05, 0) is 60.2 Å². The molecule has 4 rings (SSSR count). The second kappa shape index (κ2) is 10.1. The number of carbonyl (C=O) groups excluding carboxylic acids is 3. The molecule has 11 heteroatoms. The van der Waals surface area contributed by atoms with Gasteiger partial charge in [-0.2, -0.15) is 0 Å². The number of benzene rings is 2. The van der Waals surface area contributed by atoms with E-state index >= 15 is 0 Å². The molecule has 34 heavy (non-hydrogen) atoms. The van der Waals surface area contributed by atoms with Gasteiger partial charge in [0, 0.05) is 6.54 Å². The maximum absolute atomic E-state index is 13.2. The molecule has 0 radical (unpaired) electrons. The lowest BCUT2D eigenvalue weighted by Gasteiger charge is -2.30. The van der Waals surface area contributed by atoms with Crippen LogP contribution in [0.4, 0.5) is 5.69 Å². The number of amides is 2. The second-order valence-electron chi connectivity index (χ2n) is 7.39. The van der Waals surface area contributed by atoms with Gasteiger partial charge in [-0.25, -0.2) is 13.2 Å². The van der Waals surface area contributed by atoms with Crippen LogP contribution in [0.15, 0.2) is 70.9 Å². The summed E-state index contributed by atoms with van der Waals surface area (Å²) in [7, 11) is -3.80. The number of anilines is 1. The predicted molar refractivity (Wildman–Crippen MR) is 126 cm³/mol. The third-order valence-corrected chi connectivity index (χ3v) is 7.84. The molecule has 2 N–H and O–H groups in total. The van der Waals surface area contributed by atoms with Crippen LogP contribution in [0, 0.1) is 0 Å². The molecule has 0 aliphatic carbocycles. The van der Waals surface area contributed by atoms with E-state index in [-0.39, 0.29) is 10.5 Å². The third kappa shape index (κ3) is 5.10. The number of esters is 1. The molecule has 2 amide bonds. The van der Waals surface area contributed by atoms with E-state index < -0.39 is 34.4 Å². The van der Waals surface area contributed by atoms with Crippen LogP contribution in [-0.2, 0) is 26.0 Å². The number of para-hydroxylation sites is 1. The van der Waals surface area contributed by atoms with Crippen LogP contribution >= 0.6 is 11.3 Å². The molecule has 1 aliphatic rings. The Balaban J connectivity index is 1.34. The maximum Gasteiger partial charge on any atom is 0.338 e. The fourth-order valence-corrected chi connectivity index (χ4v) is 5.65. The maximum atomic E-state index is 13.2. The van der Waals surface area contributed by atoms with Gasteiger partial charge >= 0.3 is 5.97 Å². The number of rotatable bonds is 6. The van der Waals surface area contributed by atoms with Crippen LogP contribution < -0.4 is 15.2 Å². The number of hydrogen-bond acceptors (Lipinski definition) is 7. The zero-order valence-electron chi connectivity index (χ0n) is 17.9. The van der Waals surface area contributed by atoms with Gasteiger partial charge in [0.05, 0.1) is 21.0 Å². The Labute approximate surface area is 200 Å². The smallest absolute Gasteiger partial charge is 0.338 e. The molecule has 0 fully saturated rings. The third-order valence-electron chi connectivity index (χ3n) is 5.14. The summed E-state index contributed by atoms with van der Waals surface area (Å²) < 4.78 is 32.7. The predicted octanol–water partition coefficient (Wildman–Crippen LogP) is 2.51. The van der Waals surface area contributed by atoms with Crippen molar-refractivity contribution >= 4 is 44.8 Å². The summed E-state index contributed by atoms with van der Waals surface area (Å²) >= 11 is 1.21. The van der Waals surface area contributed by atoms with E-state index in [0.29, 0.717) is 17.1 Å². The molecule has 3 aromatic rings. The van der Waals surface area contributed by atoms with Crippen molar-refractivity contribution in [3.8, 4) is 0 Å². The number of sulfonamides is 1. The molecular formula is C23H21N3O6S2. The Kier molecular flexibility index (Phi) is 6.94. The number of thiophene rings is 1. The van der Waals surface area contributed by atoms with Gasteiger partial charge in [-0.1, -0.05) is 24.3 Å². The van der Waals surface area contributed by atoms with Crippen LogP contribution in [0.1, 0.15) is 32.0 Å². The molecule has 1 aliphatic heterocycles. The Bertz CT molecular complexity index is 1300. The lowest BCUT2D eigenvalue weighted by molar-refractivity contribution is -0.125. The summed E-state index contributed by atoms with van der Waals surface area (Å²) in [5, 5.41) is 1.72. The van der Waals surface area contributed by atoms with E-state index in [2.05, 4.69) is 10.9 Å². The lowest BCUT2D eigenvalue weighted by atomic mass is 10.0. The standard InChI is InChI=1S/C23H21N3O6S2/c27-21(24-25-22(28)20-8-4-14-33-20)15-32-23(29)17-9-11-18(12-10-17)34(30,31)26-13-3-6-16-5-1-2-7-19(16)26/h1-2,4-5,7-12,14H,3,6,13,15H2,(H,24,27)(H,25,28). The van der Waals surface area contributed by atoms with Crippen molar-refractivity contribution in [1.82, 2.24) is 10.9 Å². The summed E-state index contributed by atoms with van der Waals surface area (Å²) in [5.41, 5.74) is 6.10. The molecule has 0 saturated carbocycles. The zero-order chi connectivity index (χ0) is 24.1. The Hall–Kier alpha value is -3.70. The normalized spacial score (nSPS) is 13.0. The molecule has 0 saturated heterocycles. The minimum absolute atomic E-state index is 0.0507. The van der Waals surface area contributed by atoms with Crippen LogP contribution in [0.3, 0.4) is 0 Å². The first-order valence-electron chi connectivity index (χ1n) is 10.4. The summed E-state index contributed by atoms with van der Waals surface area (Å²) in [6.45, 7) is -0.241. The Morgan fingerprint density at radius 2 is 1.74 bits per heavy atom. The van der Waals surface area contributed by atoms with Crippen molar-refractivity contribution in [3.05, 3.63) is 82.0 Å². The summed E-state index contributed by atoms with van der Waals surface area (Å²) in [5.74, 6) is -2.00. The van der Waals surface area contributed by atoms with Gasteiger partial charge in [-0.15, -0.1) is 11.3 Å². The molecule has 176 valence electrons. The van der Waals surface area contributed by atoms with Crippen molar-refractivity contribution < 1.29 is 27.5 Å². The van der Waals surface area contributed by atoms with Crippen molar-refractivity contribution in [2.45, 2.75) is 17.7 Å². The topological polar surface area (TPSA) is 122 Å². The quantitative estimate of drug-likeness (QED) is 0.397. The van der Waals surface area contributed by atoms with Crippen LogP contribution in [0.2, 0.25) is 0 Å². The molecule has 2 heterocycles. The highest BCUT2D eigenvalue weighted by Gasteiger charge is 2.29. The molecule has 0 atom stereocenters. The number of hydrogen-bond donors (Lipinski definition) is 2. The van der Waals surface area contributed by atoms with Crippen molar-refractivity contribution in [1.29, 1.82) is 0 Å². The van der Waals surface area contributed by atoms with Gasteiger partial charge < -0.3 is 4.74 Å². The number of fused-ring (bicyclic) bond motifs is 1. The highest BCUT2D eigenvalue weighted by atomic mass is 32.2. The monoisotopic (exact) mass is 499 g/mol. The second-order valence-corrected chi connectivity index (χ2v) is 10.2. The van der Waals surface area contributed by atoms with E-state index in [1.54, 1.807) is 29.6 Å². The van der Waals surface area contributed by atoms with E-state index in [0.717, 1.165) is 18.4 Å². The van der Waals surface area contributed by atoms with Gasteiger partial charge in [0.1, 0.15) is 0 Å². The number of ether oxygens (including phenoxy) is 1. The van der Waals surface area contributed by atoms with E-state index in [1.165, 1.54) is 39.9 Å². The van der Waals surface area contributed by atoms with Crippen molar-refractivity contribution in [3.63, 3.8) is 0 Å². The van der Waals surface area contributed by atoms with Crippen molar-refractivity contribution in [2.24, 2.45) is 0 Å².